The molecule has 104 valence electrons. The van der Waals surface area contributed by atoms with E-state index >= 15 is 0 Å². The quantitative estimate of drug-likeness (QED) is 0.825. The maximum atomic E-state index is 13.4. The van der Waals surface area contributed by atoms with Crippen LogP contribution in [0.2, 0.25) is 0 Å². The van der Waals surface area contributed by atoms with Crippen molar-refractivity contribution in [3.63, 3.8) is 0 Å². The van der Waals surface area contributed by atoms with E-state index in [1.54, 1.807) is 13.8 Å². The molecule has 0 aliphatic carbocycles. The molecule has 0 saturated carbocycles. The summed E-state index contributed by atoms with van der Waals surface area (Å²) in [6, 6.07) is 3.77. The number of halogens is 1. The molecular formula is C13H16FNO3S. The Kier molecular flexibility index (Phi) is 5.33. The van der Waals surface area contributed by atoms with E-state index in [9.17, 15) is 12.8 Å². The predicted molar refractivity (Wildman–Crippen MR) is 72.6 cm³/mol. The first kappa shape index (κ1) is 15.5. The number of hydrogen-bond acceptors (Lipinski definition) is 3. The van der Waals surface area contributed by atoms with Gasteiger partial charge in [0.2, 0.25) is 10.0 Å². The van der Waals surface area contributed by atoms with Crippen molar-refractivity contribution in [2.45, 2.75) is 13.8 Å². The molecule has 6 heteroatoms. The van der Waals surface area contributed by atoms with Crippen molar-refractivity contribution in [3.05, 3.63) is 29.6 Å². The Morgan fingerprint density at radius 2 is 2.11 bits per heavy atom. The molecule has 0 aromatic heterocycles. The summed E-state index contributed by atoms with van der Waals surface area (Å²) in [4.78, 5) is 0. The number of aliphatic hydroxyl groups excluding tert-OH is 1. The number of benzene rings is 1. The average Bonchev–Trinajstić information content (AvgIpc) is 2.27. The van der Waals surface area contributed by atoms with E-state index in [2.05, 4.69) is 16.6 Å². The molecule has 1 aromatic rings. The zero-order valence-electron chi connectivity index (χ0n) is 10.8. The molecule has 0 heterocycles. The number of sulfonamides is 1. The van der Waals surface area contributed by atoms with Crippen molar-refractivity contribution < 1.29 is 17.9 Å². The van der Waals surface area contributed by atoms with E-state index in [0.29, 0.717) is 0 Å². The van der Waals surface area contributed by atoms with Gasteiger partial charge in [0.15, 0.2) is 0 Å². The van der Waals surface area contributed by atoms with Crippen LogP contribution in [-0.4, -0.2) is 25.9 Å². The molecule has 0 aliphatic heterocycles. The second-order valence-electron chi connectivity index (χ2n) is 4.43. The lowest BCUT2D eigenvalue weighted by molar-refractivity contribution is 0.350. The summed E-state index contributed by atoms with van der Waals surface area (Å²) < 4.78 is 39.2. The number of anilines is 1. The molecule has 0 saturated heterocycles. The van der Waals surface area contributed by atoms with Gasteiger partial charge < -0.3 is 5.11 Å². The minimum atomic E-state index is -3.45. The van der Waals surface area contributed by atoms with Gasteiger partial charge in [-0.15, -0.1) is 0 Å². The molecule has 4 nitrogen and oxygen atoms in total. The van der Waals surface area contributed by atoms with Crippen LogP contribution in [0.15, 0.2) is 18.2 Å². The first-order valence-corrected chi connectivity index (χ1v) is 7.39. The number of rotatable bonds is 4. The van der Waals surface area contributed by atoms with Gasteiger partial charge in [0.05, 0.1) is 11.3 Å². The Hall–Kier alpha value is -1.58. The molecular weight excluding hydrogens is 269 g/mol. The van der Waals surface area contributed by atoms with Crippen molar-refractivity contribution >= 4 is 15.7 Å². The van der Waals surface area contributed by atoms with Crippen LogP contribution in [0.4, 0.5) is 10.1 Å². The maximum Gasteiger partial charge on any atom is 0.232 e. The van der Waals surface area contributed by atoms with Gasteiger partial charge >= 0.3 is 0 Å². The molecule has 1 aromatic carbocycles. The zero-order chi connectivity index (χ0) is 14.5. The minimum absolute atomic E-state index is 0.00778. The Morgan fingerprint density at radius 1 is 1.42 bits per heavy atom. The van der Waals surface area contributed by atoms with Crippen molar-refractivity contribution in [1.29, 1.82) is 0 Å². The second kappa shape index (κ2) is 6.55. The molecule has 0 spiro atoms. The highest BCUT2D eigenvalue weighted by atomic mass is 32.2. The van der Waals surface area contributed by atoms with Gasteiger partial charge in [-0.2, -0.15) is 0 Å². The third-order valence-electron chi connectivity index (χ3n) is 2.09. The minimum Gasteiger partial charge on any atom is -0.384 e. The first-order valence-electron chi connectivity index (χ1n) is 5.74. The largest absolute Gasteiger partial charge is 0.384 e. The van der Waals surface area contributed by atoms with Crippen LogP contribution in [-0.2, 0) is 10.0 Å². The van der Waals surface area contributed by atoms with Crippen LogP contribution in [0.3, 0.4) is 0 Å². The van der Waals surface area contributed by atoms with E-state index in [1.165, 1.54) is 12.1 Å². The van der Waals surface area contributed by atoms with Crippen molar-refractivity contribution in [2.24, 2.45) is 5.92 Å². The van der Waals surface area contributed by atoms with Gasteiger partial charge in [0, 0.05) is 5.69 Å². The van der Waals surface area contributed by atoms with Crippen molar-refractivity contribution in [2.75, 3.05) is 17.1 Å². The highest BCUT2D eigenvalue weighted by Gasteiger charge is 2.13. The SMILES string of the molecule is CC(C)CS(=O)(=O)Nc1ccc(F)c(C#CCO)c1. The summed E-state index contributed by atoms with van der Waals surface area (Å²) >= 11 is 0. The fourth-order valence-electron chi connectivity index (χ4n) is 1.48. The fraction of sp³-hybridized carbons (Fsp3) is 0.385. The number of hydrogen-bond donors (Lipinski definition) is 2. The smallest absolute Gasteiger partial charge is 0.232 e. The molecule has 0 radical (unpaired) electrons. The lowest BCUT2D eigenvalue weighted by Crippen LogP contribution is -2.20. The lowest BCUT2D eigenvalue weighted by atomic mass is 10.2. The summed E-state index contributed by atoms with van der Waals surface area (Å²) in [5.41, 5.74) is 0.295. The van der Waals surface area contributed by atoms with Gasteiger partial charge in [0.25, 0.3) is 0 Å². The van der Waals surface area contributed by atoms with Crippen molar-refractivity contribution in [1.82, 2.24) is 0 Å². The van der Waals surface area contributed by atoms with Crippen molar-refractivity contribution in [3.8, 4) is 11.8 Å². The Balaban J connectivity index is 2.97. The predicted octanol–water partition coefficient (Wildman–Crippen LogP) is 1.57. The van der Waals surface area contributed by atoms with Crippen LogP contribution in [0.1, 0.15) is 19.4 Å². The molecule has 0 unspecified atom stereocenters. The summed E-state index contributed by atoms with van der Waals surface area (Å²) in [6.07, 6.45) is 0. The highest BCUT2D eigenvalue weighted by molar-refractivity contribution is 7.92. The fourth-order valence-corrected chi connectivity index (χ4v) is 2.93. The van der Waals surface area contributed by atoms with Crippen LogP contribution >= 0.6 is 0 Å². The third kappa shape index (κ3) is 5.28. The molecule has 0 bridgehead atoms. The standard InChI is InChI=1S/C13H16FNO3S/c1-10(2)9-19(17,18)15-12-5-6-13(14)11(8-12)4-3-7-16/h5-6,8,10,15-16H,7,9H2,1-2H3. The first-order chi connectivity index (χ1) is 8.84. The molecule has 0 amide bonds. The van der Waals surface area contributed by atoms with E-state index < -0.39 is 15.8 Å². The normalized spacial score (nSPS) is 11.0. The van der Waals surface area contributed by atoms with E-state index in [0.717, 1.165) is 6.07 Å². The number of aliphatic hydroxyl groups is 1. The zero-order valence-corrected chi connectivity index (χ0v) is 11.6. The average molecular weight is 285 g/mol. The lowest BCUT2D eigenvalue weighted by Gasteiger charge is -2.10. The van der Waals surface area contributed by atoms with Gasteiger partial charge in [0.1, 0.15) is 12.4 Å². The Morgan fingerprint density at radius 3 is 2.68 bits per heavy atom. The molecule has 19 heavy (non-hydrogen) atoms. The molecule has 1 rings (SSSR count). The maximum absolute atomic E-state index is 13.4. The number of nitrogens with one attached hydrogen (secondary N) is 1. The summed E-state index contributed by atoms with van der Waals surface area (Å²) in [5.74, 6) is 4.15. The topological polar surface area (TPSA) is 66.4 Å². The van der Waals surface area contributed by atoms with Gasteiger partial charge in [-0.25, -0.2) is 12.8 Å². The summed E-state index contributed by atoms with van der Waals surface area (Å²) in [5, 5.41) is 8.57. The Labute approximate surface area is 112 Å². The van der Waals surface area contributed by atoms with E-state index in [-0.39, 0.29) is 29.5 Å². The van der Waals surface area contributed by atoms with Gasteiger partial charge in [-0.05, 0) is 24.1 Å². The van der Waals surface area contributed by atoms with E-state index in [4.69, 9.17) is 5.11 Å². The summed E-state index contributed by atoms with van der Waals surface area (Å²) in [6.45, 7) is 3.20. The monoisotopic (exact) mass is 285 g/mol. The van der Waals surface area contributed by atoms with Gasteiger partial charge in [-0.1, -0.05) is 25.7 Å². The molecule has 0 fully saturated rings. The van der Waals surface area contributed by atoms with Crippen LogP contribution < -0.4 is 4.72 Å². The molecule has 0 aliphatic rings. The third-order valence-corrected chi connectivity index (χ3v) is 3.75. The van der Waals surface area contributed by atoms with Crippen LogP contribution in [0, 0.1) is 23.6 Å². The second-order valence-corrected chi connectivity index (χ2v) is 6.20. The molecule has 0 atom stereocenters. The van der Waals surface area contributed by atoms with E-state index in [1.807, 2.05) is 0 Å². The highest BCUT2D eigenvalue weighted by Crippen LogP contribution is 2.16. The van der Waals surface area contributed by atoms with Gasteiger partial charge in [-0.3, -0.25) is 4.72 Å². The summed E-state index contributed by atoms with van der Waals surface area (Å²) in [7, 11) is -3.45. The Bertz CT molecular complexity index is 600. The van der Waals surface area contributed by atoms with Crippen LogP contribution in [0.5, 0.6) is 0 Å². The van der Waals surface area contributed by atoms with Crippen LogP contribution in [0.25, 0.3) is 0 Å². The molecule has 2 N–H and O–H groups in total.